The first-order chi connectivity index (χ1) is 12.0. The number of amides is 1. The van der Waals surface area contributed by atoms with Gasteiger partial charge >= 0.3 is 0 Å². The van der Waals surface area contributed by atoms with Crippen molar-refractivity contribution in [3.8, 4) is 0 Å². The van der Waals surface area contributed by atoms with E-state index in [-0.39, 0.29) is 12.5 Å². The molecular formula is C18H16Cl2N4O. The van der Waals surface area contributed by atoms with Crippen molar-refractivity contribution in [2.75, 3.05) is 5.32 Å². The summed E-state index contributed by atoms with van der Waals surface area (Å²) in [4.78, 5) is 16.8. The van der Waals surface area contributed by atoms with Gasteiger partial charge < -0.3 is 5.32 Å². The third-order valence-electron chi connectivity index (χ3n) is 4.30. The third kappa shape index (κ3) is 3.34. The van der Waals surface area contributed by atoms with Gasteiger partial charge in [-0.15, -0.1) is 0 Å². The molecule has 0 saturated heterocycles. The van der Waals surface area contributed by atoms with Crippen molar-refractivity contribution in [3.63, 3.8) is 0 Å². The van der Waals surface area contributed by atoms with Crippen LogP contribution in [0.15, 0.2) is 30.5 Å². The maximum atomic E-state index is 12.4. The molecular weight excluding hydrogens is 359 g/mol. The van der Waals surface area contributed by atoms with E-state index in [0.29, 0.717) is 21.7 Å². The number of anilines is 1. The lowest BCUT2D eigenvalue weighted by Gasteiger charge is -2.07. The summed E-state index contributed by atoms with van der Waals surface area (Å²) in [6.07, 6.45) is 4.21. The van der Waals surface area contributed by atoms with Crippen molar-refractivity contribution in [2.45, 2.75) is 32.2 Å². The van der Waals surface area contributed by atoms with Gasteiger partial charge in [0.15, 0.2) is 5.65 Å². The van der Waals surface area contributed by atoms with Gasteiger partial charge in [-0.1, -0.05) is 23.2 Å². The van der Waals surface area contributed by atoms with Crippen LogP contribution in [0.4, 0.5) is 5.69 Å². The van der Waals surface area contributed by atoms with E-state index in [0.717, 1.165) is 16.7 Å². The Labute approximate surface area is 154 Å². The number of aryl methyl sites for hydroxylation is 1. The number of nitrogens with zero attached hydrogens (tertiary/aromatic N) is 3. The topological polar surface area (TPSA) is 59.8 Å². The molecule has 0 unspecified atom stereocenters. The van der Waals surface area contributed by atoms with Crippen LogP contribution in [-0.2, 0) is 11.3 Å². The highest BCUT2D eigenvalue weighted by molar-refractivity contribution is 6.35. The van der Waals surface area contributed by atoms with Gasteiger partial charge in [-0.25, -0.2) is 9.67 Å². The number of hydrogen-bond acceptors (Lipinski definition) is 3. The smallest absolute Gasteiger partial charge is 0.246 e. The van der Waals surface area contributed by atoms with Gasteiger partial charge in [0, 0.05) is 27.3 Å². The molecule has 1 aromatic carbocycles. The minimum Gasteiger partial charge on any atom is -0.324 e. The first kappa shape index (κ1) is 16.4. The second-order valence-electron chi connectivity index (χ2n) is 6.32. The molecule has 7 heteroatoms. The van der Waals surface area contributed by atoms with E-state index in [1.807, 2.05) is 6.92 Å². The second kappa shape index (κ2) is 6.32. The maximum Gasteiger partial charge on any atom is 0.246 e. The van der Waals surface area contributed by atoms with Crippen LogP contribution in [0.5, 0.6) is 0 Å². The molecule has 1 amide bonds. The minimum atomic E-state index is -0.207. The number of carbonyl (C=O) groups is 1. The summed E-state index contributed by atoms with van der Waals surface area (Å²) in [5, 5.41) is 9.33. The Morgan fingerprint density at radius 1 is 1.28 bits per heavy atom. The molecule has 1 saturated carbocycles. The second-order valence-corrected chi connectivity index (χ2v) is 7.20. The van der Waals surface area contributed by atoms with Crippen LogP contribution in [0.25, 0.3) is 11.0 Å². The number of fused-ring (bicyclic) bond motifs is 1. The first-order valence-electron chi connectivity index (χ1n) is 8.09. The highest BCUT2D eigenvalue weighted by Gasteiger charge is 2.27. The normalized spacial score (nSPS) is 14.0. The van der Waals surface area contributed by atoms with E-state index in [9.17, 15) is 4.79 Å². The van der Waals surface area contributed by atoms with Crippen LogP contribution in [0.1, 0.15) is 30.0 Å². The van der Waals surface area contributed by atoms with Gasteiger partial charge in [-0.2, -0.15) is 5.10 Å². The largest absolute Gasteiger partial charge is 0.324 e. The predicted octanol–water partition coefficient (Wildman–Crippen LogP) is 4.56. The average Bonchev–Trinajstić information content (AvgIpc) is 3.32. The van der Waals surface area contributed by atoms with Gasteiger partial charge in [0.2, 0.25) is 5.91 Å². The van der Waals surface area contributed by atoms with Crippen LogP contribution < -0.4 is 5.32 Å². The van der Waals surface area contributed by atoms with Crippen molar-refractivity contribution >= 4 is 45.8 Å². The Bertz CT molecular complexity index is 958. The maximum absolute atomic E-state index is 12.4. The molecule has 5 nitrogen and oxygen atoms in total. The summed E-state index contributed by atoms with van der Waals surface area (Å²) in [6.45, 7) is 2.04. The standard InChI is InChI=1S/C18H16Cl2N4O/c1-10-17-15(11-2-3-11)4-5-21-18(17)24(23-10)9-16(25)22-14-7-12(19)6-13(20)8-14/h4-8,11H,2-3,9H2,1H3,(H,22,25). The number of carbonyl (C=O) groups excluding carboxylic acids is 1. The van der Waals surface area contributed by atoms with Crippen LogP contribution >= 0.6 is 23.2 Å². The van der Waals surface area contributed by atoms with Crippen LogP contribution in [0.3, 0.4) is 0 Å². The summed E-state index contributed by atoms with van der Waals surface area (Å²) in [5.41, 5.74) is 3.50. The van der Waals surface area contributed by atoms with Crippen molar-refractivity contribution in [1.82, 2.24) is 14.8 Å². The average molecular weight is 375 g/mol. The van der Waals surface area contributed by atoms with E-state index in [4.69, 9.17) is 23.2 Å². The van der Waals surface area contributed by atoms with Crippen molar-refractivity contribution < 1.29 is 4.79 Å². The monoisotopic (exact) mass is 374 g/mol. The lowest BCUT2D eigenvalue weighted by Crippen LogP contribution is -2.19. The summed E-state index contributed by atoms with van der Waals surface area (Å²) >= 11 is 11.9. The summed E-state index contributed by atoms with van der Waals surface area (Å²) in [6, 6.07) is 6.99. The molecule has 1 N–H and O–H groups in total. The summed E-state index contributed by atoms with van der Waals surface area (Å²) in [5.74, 6) is 0.394. The fraction of sp³-hybridized carbons (Fsp3) is 0.278. The van der Waals surface area contributed by atoms with E-state index in [1.165, 1.54) is 18.4 Å². The Balaban J connectivity index is 1.60. The lowest BCUT2D eigenvalue weighted by atomic mass is 10.1. The predicted molar refractivity (Wildman–Crippen MR) is 99.3 cm³/mol. The number of benzene rings is 1. The summed E-state index contributed by atoms with van der Waals surface area (Å²) in [7, 11) is 0. The van der Waals surface area contributed by atoms with E-state index >= 15 is 0 Å². The van der Waals surface area contributed by atoms with Gasteiger partial charge in [0.1, 0.15) is 6.54 Å². The molecule has 2 heterocycles. The van der Waals surface area contributed by atoms with Gasteiger partial charge in [0.05, 0.1) is 5.69 Å². The zero-order valence-electron chi connectivity index (χ0n) is 13.6. The fourth-order valence-corrected chi connectivity index (χ4v) is 3.64. The Hall–Kier alpha value is -2.11. The van der Waals surface area contributed by atoms with Crippen molar-refractivity contribution in [3.05, 3.63) is 51.8 Å². The number of pyridine rings is 1. The zero-order valence-corrected chi connectivity index (χ0v) is 15.1. The fourth-order valence-electron chi connectivity index (χ4n) is 3.12. The lowest BCUT2D eigenvalue weighted by molar-refractivity contribution is -0.116. The highest BCUT2D eigenvalue weighted by atomic mass is 35.5. The van der Waals surface area contributed by atoms with Crippen molar-refractivity contribution in [1.29, 1.82) is 0 Å². The molecule has 0 atom stereocenters. The van der Waals surface area contributed by atoms with Gasteiger partial charge in [-0.3, -0.25) is 4.79 Å². The van der Waals surface area contributed by atoms with E-state index in [1.54, 1.807) is 29.1 Å². The molecule has 128 valence electrons. The van der Waals surface area contributed by atoms with Crippen LogP contribution in [0, 0.1) is 6.92 Å². The molecule has 2 aromatic heterocycles. The van der Waals surface area contributed by atoms with Gasteiger partial charge in [-0.05, 0) is 55.5 Å². The molecule has 4 rings (SSSR count). The van der Waals surface area contributed by atoms with Crippen LogP contribution in [-0.4, -0.2) is 20.7 Å². The van der Waals surface area contributed by atoms with E-state index < -0.39 is 0 Å². The molecule has 1 fully saturated rings. The number of aromatic nitrogens is 3. The van der Waals surface area contributed by atoms with E-state index in [2.05, 4.69) is 21.5 Å². The Morgan fingerprint density at radius 3 is 2.68 bits per heavy atom. The number of rotatable bonds is 4. The molecule has 1 aliphatic rings. The number of hydrogen-bond donors (Lipinski definition) is 1. The Morgan fingerprint density at radius 2 is 2.00 bits per heavy atom. The van der Waals surface area contributed by atoms with Crippen LogP contribution in [0.2, 0.25) is 10.0 Å². The number of halogens is 2. The zero-order chi connectivity index (χ0) is 17.6. The molecule has 0 spiro atoms. The number of nitrogens with one attached hydrogen (secondary N) is 1. The molecule has 0 aliphatic heterocycles. The first-order valence-corrected chi connectivity index (χ1v) is 8.85. The minimum absolute atomic E-state index is 0.0790. The molecule has 0 bridgehead atoms. The quantitative estimate of drug-likeness (QED) is 0.727. The van der Waals surface area contributed by atoms with Crippen molar-refractivity contribution in [2.24, 2.45) is 0 Å². The molecule has 1 aliphatic carbocycles. The SMILES string of the molecule is Cc1nn(CC(=O)Nc2cc(Cl)cc(Cl)c2)c2nccc(C3CC3)c12. The molecule has 25 heavy (non-hydrogen) atoms. The molecule has 3 aromatic rings. The van der Waals surface area contributed by atoms with Gasteiger partial charge in [0.25, 0.3) is 0 Å². The molecule has 0 radical (unpaired) electrons. The summed E-state index contributed by atoms with van der Waals surface area (Å²) < 4.78 is 1.65. The highest BCUT2D eigenvalue weighted by Crippen LogP contribution is 2.43. The Kier molecular flexibility index (Phi) is 4.13. The third-order valence-corrected chi connectivity index (χ3v) is 4.73.